The summed E-state index contributed by atoms with van der Waals surface area (Å²) in [5.41, 5.74) is 0.504. The average Bonchev–Trinajstić information content (AvgIpc) is 2.68. The summed E-state index contributed by atoms with van der Waals surface area (Å²) in [6.07, 6.45) is 2.01. The van der Waals surface area contributed by atoms with E-state index >= 15 is 0 Å². The topological polar surface area (TPSA) is 37.6 Å². The van der Waals surface area contributed by atoms with Gasteiger partial charge in [-0.3, -0.25) is 4.79 Å². The van der Waals surface area contributed by atoms with Crippen molar-refractivity contribution in [3.8, 4) is 0 Å². The molecule has 2 rings (SSSR count). The molecule has 1 atom stereocenters. The Labute approximate surface area is 152 Å². The summed E-state index contributed by atoms with van der Waals surface area (Å²) >= 11 is 17.5. The molecule has 2 heterocycles. The summed E-state index contributed by atoms with van der Waals surface area (Å²) in [6.45, 7) is 4.61. The summed E-state index contributed by atoms with van der Waals surface area (Å²) in [6, 6.07) is 3.14. The largest absolute Gasteiger partial charge is 1.00 e. The summed E-state index contributed by atoms with van der Waals surface area (Å²) in [4.78, 5) is 19.8. The van der Waals surface area contributed by atoms with Gasteiger partial charge in [0.05, 0.1) is 26.2 Å². The molecule has 0 saturated carbocycles. The lowest BCUT2D eigenvalue weighted by Crippen LogP contribution is -3.12. The van der Waals surface area contributed by atoms with Crippen LogP contribution in [0.2, 0.25) is 10.3 Å². The van der Waals surface area contributed by atoms with Gasteiger partial charge in [-0.15, -0.1) is 11.6 Å². The smallest absolute Gasteiger partial charge is 0.254 e. The lowest BCUT2D eigenvalue weighted by atomic mass is 10.2. The van der Waals surface area contributed by atoms with Crippen LogP contribution in [0.25, 0.3) is 0 Å². The predicted molar refractivity (Wildman–Crippen MR) is 85.7 cm³/mol. The number of alkyl halides is 1. The minimum absolute atomic E-state index is 0. The van der Waals surface area contributed by atoms with E-state index in [2.05, 4.69) is 4.98 Å². The van der Waals surface area contributed by atoms with E-state index in [1.54, 1.807) is 12.1 Å². The molecule has 1 aromatic rings. The molecule has 1 saturated heterocycles. The van der Waals surface area contributed by atoms with Crippen LogP contribution in [-0.2, 0) is 0 Å². The first-order chi connectivity index (χ1) is 10.1. The van der Waals surface area contributed by atoms with E-state index in [0.717, 1.165) is 45.6 Å². The van der Waals surface area contributed by atoms with Crippen LogP contribution in [0.15, 0.2) is 12.1 Å². The summed E-state index contributed by atoms with van der Waals surface area (Å²) in [5, 5.41) is 0.491. The number of halogens is 4. The summed E-state index contributed by atoms with van der Waals surface area (Å²) in [5.74, 6) is 0.667. The highest BCUT2D eigenvalue weighted by molar-refractivity contribution is 6.33. The van der Waals surface area contributed by atoms with Gasteiger partial charge in [0.2, 0.25) is 0 Å². The molecule has 0 aromatic carbocycles. The van der Waals surface area contributed by atoms with Crippen molar-refractivity contribution in [2.45, 2.75) is 12.8 Å². The number of pyridine rings is 1. The molecule has 1 amide bonds. The van der Waals surface area contributed by atoms with Gasteiger partial charge in [0, 0.05) is 30.8 Å². The molecule has 4 nitrogen and oxygen atoms in total. The second-order valence-corrected chi connectivity index (χ2v) is 6.34. The average molecular weight is 387 g/mol. The van der Waals surface area contributed by atoms with Crippen molar-refractivity contribution in [3.63, 3.8) is 0 Å². The highest BCUT2D eigenvalue weighted by Crippen LogP contribution is 2.16. The number of hydrogen-bond acceptors (Lipinski definition) is 2. The molecule has 0 radical (unpaired) electrons. The molecule has 0 spiro atoms. The van der Waals surface area contributed by atoms with E-state index in [9.17, 15) is 4.79 Å². The molecule has 22 heavy (non-hydrogen) atoms. The Morgan fingerprint density at radius 2 is 1.91 bits per heavy atom. The molecule has 1 unspecified atom stereocenters. The zero-order valence-electron chi connectivity index (χ0n) is 12.1. The van der Waals surface area contributed by atoms with Crippen molar-refractivity contribution >= 4 is 40.7 Å². The molecule has 0 bridgehead atoms. The van der Waals surface area contributed by atoms with E-state index in [1.165, 1.54) is 4.90 Å². The van der Waals surface area contributed by atoms with Crippen molar-refractivity contribution < 1.29 is 22.1 Å². The third kappa shape index (κ3) is 5.74. The van der Waals surface area contributed by atoms with E-state index < -0.39 is 0 Å². The molecule has 1 aromatic heterocycles. The van der Waals surface area contributed by atoms with Crippen molar-refractivity contribution in [1.29, 1.82) is 0 Å². The first-order valence-electron chi connectivity index (χ1n) is 7.12. The van der Waals surface area contributed by atoms with Crippen LogP contribution in [0.4, 0.5) is 0 Å². The Bertz CT molecular complexity index is 481. The number of rotatable bonds is 4. The molecule has 1 aliphatic heterocycles. The number of nitrogens with one attached hydrogen (secondary N) is 1. The second-order valence-electron chi connectivity index (χ2n) is 5.19. The molecule has 0 aliphatic carbocycles. The van der Waals surface area contributed by atoms with Gasteiger partial charge in [-0.1, -0.05) is 23.2 Å². The standard InChI is InChI=1S/C14H18Cl3N3O.ClH/c15-3-1-4-19-5-2-6-20(8-7-19)14(21)11-9-12(16)18-13(17)10-11;/h9-10H,1-8H2;1H. The second kappa shape index (κ2) is 9.78. The Balaban J connectivity index is 0.00000242. The quantitative estimate of drug-likeness (QED) is 0.518. The molecule has 1 fully saturated rings. The summed E-state index contributed by atoms with van der Waals surface area (Å²) < 4.78 is 0. The Kier molecular flexibility index (Phi) is 8.80. The van der Waals surface area contributed by atoms with Gasteiger partial charge in [0.15, 0.2) is 0 Å². The van der Waals surface area contributed by atoms with Gasteiger partial charge in [0.1, 0.15) is 10.3 Å². The monoisotopic (exact) mass is 385 g/mol. The van der Waals surface area contributed by atoms with Crippen LogP contribution in [0, 0.1) is 0 Å². The maximum absolute atomic E-state index is 12.5. The lowest BCUT2D eigenvalue weighted by molar-refractivity contribution is -0.898. The fraction of sp³-hybridized carbons (Fsp3) is 0.571. The molecule has 1 aliphatic rings. The number of carbonyl (C=O) groups excluding carboxylic acids is 1. The number of quaternary nitrogens is 1. The van der Waals surface area contributed by atoms with Crippen molar-refractivity contribution in [1.82, 2.24) is 9.88 Å². The third-order valence-electron chi connectivity index (χ3n) is 3.65. The van der Waals surface area contributed by atoms with Crippen molar-refractivity contribution in [3.05, 3.63) is 28.0 Å². The van der Waals surface area contributed by atoms with E-state index in [1.807, 2.05) is 4.90 Å². The third-order valence-corrected chi connectivity index (χ3v) is 4.31. The first kappa shape index (κ1) is 19.8. The molecule has 8 heteroatoms. The predicted octanol–water partition coefficient (Wildman–Crippen LogP) is -1.25. The van der Waals surface area contributed by atoms with Gasteiger partial charge < -0.3 is 22.2 Å². The normalized spacial score (nSPS) is 18.5. The van der Waals surface area contributed by atoms with Crippen LogP contribution in [0.3, 0.4) is 0 Å². The minimum Gasteiger partial charge on any atom is -1.00 e. The fourth-order valence-electron chi connectivity index (χ4n) is 2.59. The number of carbonyl (C=O) groups is 1. The lowest BCUT2D eigenvalue weighted by Gasteiger charge is -2.20. The highest BCUT2D eigenvalue weighted by Gasteiger charge is 2.22. The van der Waals surface area contributed by atoms with Gasteiger partial charge in [-0.05, 0) is 12.1 Å². The zero-order valence-corrected chi connectivity index (χ0v) is 15.1. The van der Waals surface area contributed by atoms with E-state index in [4.69, 9.17) is 34.8 Å². The Hall–Kier alpha value is -0.260. The first-order valence-corrected chi connectivity index (χ1v) is 8.41. The maximum Gasteiger partial charge on any atom is 0.254 e. The van der Waals surface area contributed by atoms with Crippen LogP contribution in [-0.4, -0.2) is 54.4 Å². The van der Waals surface area contributed by atoms with Crippen LogP contribution >= 0.6 is 34.8 Å². The van der Waals surface area contributed by atoms with Crippen molar-refractivity contribution in [2.75, 3.05) is 38.6 Å². The van der Waals surface area contributed by atoms with Crippen LogP contribution < -0.4 is 17.3 Å². The van der Waals surface area contributed by atoms with Crippen LogP contribution in [0.1, 0.15) is 23.2 Å². The maximum atomic E-state index is 12.5. The molecular weight excluding hydrogens is 368 g/mol. The van der Waals surface area contributed by atoms with Crippen molar-refractivity contribution in [2.24, 2.45) is 0 Å². The number of amides is 1. The van der Waals surface area contributed by atoms with Gasteiger partial charge in [-0.25, -0.2) is 4.98 Å². The minimum atomic E-state index is -0.0280. The number of nitrogens with zero attached hydrogens (tertiary/aromatic N) is 2. The molecular formula is C14H19Cl4N3O. The zero-order chi connectivity index (χ0) is 15.2. The Morgan fingerprint density at radius 1 is 1.23 bits per heavy atom. The van der Waals surface area contributed by atoms with Gasteiger partial charge in [-0.2, -0.15) is 0 Å². The van der Waals surface area contributed by atoms with Gasteiger partial charge in [0.25, 0.3) is 5.91 Å². The number of hydrogen-bond donors (Lipinski definition) is 1. The summed E-state index contributed by atoms with van der Waals surface area (Å²) in [7, 11) is 0. The number of aromatic nitrogens is 1. The Morgan fingerprint density at radius 3 is 2.55 bits per heavy atom. The van der Waals surface area contributed by atoms with E-state index in [0.29, 0.717) is 11.4 Å². The van der Waals surface area contributed by atoms with E-state index in [-0.39, 0.29) is 28.6 Å². The fourth-order valence-corrected chi connectivity index (χ4v) is 3.18. The SMILES string of the molecule is O=C(c1cc(Cl)nc(Cl)c1)N1CCC[NH+](CCCCl)CC1.[Cl-]. The molecule has 124 valence electrons. The molecule has 1 N–H and O–H groups in total. The van der Waals surface area contributed by atoms with Crippen LogP contribution in [0.5, 0.6) is 0 Å². The highest BCUT2D eigenvalue weighted by atomic mass is 35.5. The van der Waals surface area contributed by atoms with Gasteiger partial charge >= 0.3 is 0 Å².